The molecule has 0 aromatic heterocycles. The fraction of sp³-hybridized carbons (Fsp3) is 0.455. The molecular weight excluding hydrogens is 196 g/mol. The van der Waals surface area contributed by atoms with Gasteiger partial charge in [0.05, 0.1) is 16.4 Å². The minimum Gasteiger partial charge on any atom is -0.397 e. The molecule has 1 fully saturated rings. The van der Waals surface area contributed by atoms with Crippen molar-refractivity contribution >= 4 is 23.0 Å². The summed E-state index contributed by atoms with van der Waals surface area (Å²) < 4.78 is 0. The van der Waals surface area contributed by atoms with Gasteiger partial charge in [0.1, 0.15) is 0 Å². The first-order valence-electron chi connectivity index (χ1n) is 4.97. The van der Waals surface area contributed by atoms with E-state index in [0.29, 0.717) is 11.1 Å². The normalized spacial score (nSPS) is 25.6. The van der Waals surface area contributed by atoms with Crippen LogP contribution in [0.4, 0.5) is 11.4 Å². The standard InChI is InChI=1S/C11H15ClN2/c1-7-5-8(6-7)14-11-9(12)3-2-4-10(11)13/h2-4,7-8,14H,5-6,13H2,1H3. The number of halogens is 1. The van der Waals surface area contributed by atoms with Crippen molar-refractivity contribution in [2.24, 2.45) is 5.92 Å². The quantitative estimate of drug-likeness (QED) is 0.737. The highest BCUT2D eigenvalue weighted by Crippen LogP contribution is 2.34. The molecule has 2 rings (SSSR count). The van der Waals surface area contributed by atoms with Crippen molar-refractivity contribution in [1.82, 2.24) is 0 Å². The number of nitrogens with one attached hydrogen (secondary N) is 1. The third-order valence-corrected chi connectivity index (χ3v) is 3.08. The Morgan fingerprint density at radius 1 is 1.43 bits per heavy atom. The van der Waals surface area contributed by atoms with Crippen LogP contribution < -0.4 is 11.1 Å². The largest absolute Gasteiger partial charge is 0.397 e. The molecule has 0 unspecified atom stereocenters. The van der Waals surface area contributed by atoms with Gasteiger partial charge in [0.2, 0.25) is 0 Å². The molecule has 3 N–H and O–H groups in total. The fourth-order valence-electron chi connectivity index (χ4n) is 1.92. The Morgan fingerprint density at radius 3 is 2.71 bits per heavy atom. The van der Waals surface area contributed by atoms with Gasteiger partial charge in [-0.1, -0.05) is 24.6 Å². The first-order chi connectivity index (χ1) is 6.66. The van der Waals surface area contributed by atoms with Crippen LogP contribution in [0.5, 0.6) is 0 Å². The van der Waals surface area contributed by atoms with Crippen molar-refractivity contribution in [3.8, 4) is 0 Å². The van der Waals surface area contributed by atoms with Gasteiger partial charge in [0.25, 0.3) is 0 Å². The Labute approximate surface area is 89.4 Å². The summed E-state index contributed by atoms with van der Waals surface area (Å²) in [5.74, 6) is 0.830. The minimum absolute atomic E-state index is 0.548. The van der Waals surface area contributed by atoms with Gasteiger partial charge in [-0.15, -0.1) is 0 Å². The highest BCUT2D eigenvalue weighted by atomic mass is 35.5. The van der Waals surface area contributed by atoms with E-state index in [-0.39, 0.29) is 0 Å². The van der Waals surface area contributed by atoms with E-state index in [2.05, 4.69) is 12.2 Å². The molecule has 1 aliphatic carbocycles. The van der Waals surface area contributed by atoms with Gasteiger partial charge in [-0.05, 0) is 30.9 Å². The van der Waals surface area contributed by atoms with Gasteiger partial charge in [-0.25, -0.2) is 0 Å². The van der Waals surface area contributed by atoms with Gasteiger partial charge in [0, 0.05) is 6.04 Å². The number of nitrogens with two attached hydrogens (primary N) is 1. The van der Waals surface area contributed by atoms with Crippen molar-refractivity contribution in [1.29, 1.82) is 0 Å². The van der Waals surface area contributed by atoms with E-state index in [1.165, 1.54) is 12.8 Å². The molecule has 2 nitrogen and oxygen atoms in total. The van der Waals surface area contributed by atoms with Crippen LogP contribution in [-0.4, -0.2) is 6.04 Å². The van der Waals surface area contributed by atoms with Crippen LogP contribution in [0.2, 0.25) is 5.02 Å². The Hall–Kier alpha value is -0.890. The van der Waals surface area contributed by atoms with Crippen molar-refractivity contribution < 1.29 is 0 Å². The molecule has 1 aliphatic rings. The molecule has 0 aliphatic heterocycles. The van der Waals surface area contributed by atoms with Crippen LogP contribution in [0.15, 0.2) is 18.2 Å². The summed E-state index contributed by atoms with van der Waals surface area (Å²) in [4.78, 5) is 0. The second-order valence-electron chi connectivity index (χ2n) is 4.12. The van der Waals surface area contributed by atoms with Gasteiger partial charge in [-0.3, -0.25) is 0 Å². The van der Waals surface area contributed by atoms with E-state index >= 15 is 0 Å². The maximum atomic E-state index is 6.05. The van der Waals surface area contributed by atoms with E-state index < -0.39 is 0 Å². The number of nitrogen functional groups attached to an aromatic ring is 1. The molecule has 1 saturated carbocycles. The van der Waals surface area contributed by atoms with Crippen LogP contribution in [0.3, 0.4) is 0 Å². The van der Waals surface area contributed by atoms with E-state index in [1.807, 2.05) is 18.2 Å². The predicted octanol–water partition coefficient (Wildman–Crippen LogP) is 3.13. The first-order valence-corrected chi connectivity index (χ1v) is 5.35. The molecule has 1 aromatic carbocycles. The molecule has 3 heteroatoms. The number of para-hydroxylation sites is 1. The predicted molar refractivity (Wildman–Crippen MR) is 61.7 cm³/mol. The molecule has 0 spiro atoms. The van der Waals surface area contributed by atoms with Crippen LogP contribution in [-0.2, 0) is 0 Å². The number of benzene rings is 1. The van der Waals surface area contributed by atoms with Gasteiger partial charge in [0.15, 0.2) is 0 Å². The third kappa shape index (κ3) is 1.80. The summed E-state index contributed by atoms with van der Waals surface area (Å²) >= 11 is 6.05. The average molecular weight is 211 g/mol. The minimum atomic E-state index is 0.548. The average Bonchev–Trinajstić information content (AvgIpc) is 2.08. The van der Waals surface area contributed by atoms with Crippen LogP contribution >= 0.6 is 11.6 Å². The first kappa shape index (κ1) is 9.66. The zero-order valence-electron chi connectivity index (χ0n) is 8.26. The van der Waals surface area contributed by atoms with Gasteiger partial charge >= 0.3 is 0 Å². The number of anilines is 2. The summed E-state index contributed by atoms with van der Waals surface area (Å²) in [7, 11) is 0. The zero-order valence-corrected chi connectivity index (χ0v) is 9.01. The van der Waals surface area contributed by atoms with Crippen molar-refractivity contribution in [3.63, 3.8) is 0 Å². The van der Waals surface area contributed by atoms with Crippen LogP contribution in [0, 0.1) is 5.92 Å². The number of hydrogen-bond acceptors (Lipinski definition) is 2. The summed E-state index contributed by atoms with van der Waals surface area (Å²) in [6, 6.07) is 6.15. The SMILES string of the molecule is CC1CC(Nc2c(N)cccc2Cl)C1. The Balaban J connectivity index is 2.09. The van der Waals surface area contributed by atoms with E-state index in [1.54, 1.807) is 0 Å². The fourth-order valence-corrected chi connectivity index (χ4v) is 2.15. The highest BCUT2D eigenvalue weighted by Gasteiger charge is 2.25. The second-order valence-corrected chi connectivity index (χ2v) is 4.53. The molecule has 1 aromatic rings. The van der Waals surface area contributed by atoms with E-state index in [9.17, 15) is 0 Å². The molecule has 14 heavy (non-hydrogen) atoms. The lowest BCUT2D eigenvalue weighted by molar-refractivity contribution is 0.309. The van der Waals surface area contributed by atoms with Crippen LogP contribution in [0.25, 0.3) is 0 Å². The lowest BCUT2D eigenvalue weighted by atomic mass is 9.82. The van der Waals surface area contributed by atoms with Gasteiger partial charge in [-0.2, -0.15) is 0 Å². The zero-order chi connectivity index (χ0) is 10.1. The van der Waals surface area contributed by atoms with E-state index in [4.69, 9.17) is 17.3 Å². The van der Waals surface area contributed by atoms with Crippen molar-refractivity contribution in [3.05, 3.63) is 23.2 Å². The summed E-state index contributed by atoms with van der Waals surface area (Å²) in [5.41, 5.74) is 7.46. The second kappa shape index (κ2) is 3.70. The summed E-state index contributed by atoms with van der Waals surface area (Å²) in [5, 5.41) is 4.10. The highest BCUT2D eigenvalue weighted by molar-refractivity contribution is 6.33. The smallest absolute Gasteiger partial charge is 0.0765 e. The molecule has 76 valence electrons. The maximum absolute atomic E-state index is 6.05. The molecule has 0 saturated heterocycles. The molecule has 0 radical (unpaired) electrons. The molecule has 0 bridgehead atoms. The maximum Gasteiger partial charge on any atom is 0.0765 e. The van der Waals surface area contributed by atoms with Gasteiger partial charge < -0.3 is 11.1 Å². The lowest BCUT2D eigenvalue weighted by Gasteiger charge is -2.34. The topological polar surface area (TPSA) is 38.0 Å². The number of rotatable bonds is 2. The van der Waals surface area contributed by atoms with Crippen molar-refractivity contribution in [2.45, 2.75) is 25.8 Å². The van der Waals surface area contributed by atoms with E-state index in [0.717, 1.165) is 17.3 Å². The summed E-state index contributed by atoms with van der Waals surface area (Å²) in [6.45, 7) is 2.26. The summed E-state index contributed by atoms with van der Waals surface area (Å²) in [6.07, 6.45) is 2.43. The van der Waals surface area contributed by atoms with Crippen molar-refractivity contribution in [2.75, 3.05) is 11.1 Å². The molecule has 0 amide bonds. The Kier molecular flexibility index (Phi) is 2.55. The Morgan fingerprint density at radius 2 is 2.14 bits per heavy atom. The third-order valence-electron chi connectivity index (χ3n) is 2.77. The Bertz CT molecular complexity index is 312. The number of hydrogen-bond donors (Lipinski definition) is 2. The monoisotopic (exact) mass is 210 g/mol. The molecular formula is C11H15ClN2. The van der Waals surface area contributed by atoms with Crippen LogP contribution in [0.1, 0.15) is 19.8 Å². The molecule has 0 atom stereocenters. The lowest BCUT2D eigenvalue weighted by Crippen LogP contribution is -2.34. The molecule has 0 heterocycles.